The van der Waals surface area contributed by atoms with Crippen molar-refractivity contribution in [2.45, 2.75) is 56.5 Å². The summed E-state index contributed by atoms with van der Waals surface area (Å²) in [6.07, 6.45) is 7.15. The Morgan fingerprint density at radius 3 is 2.21 bits per heavy atom. The summed E-state index contributed by atoms with van der Waals surface area (Å²) in [6.45, 7) is 1.86. The molecule has 2 aromatic carbocycles. The molecule has 0 spiro atoms. The lowest BCUT2D eigenvalue weighted by Gasteiger charge is -2.44. The van der Waals surface area contributed by atoms with Gasteiger partial charge in [-0.2, -0.15) is 0 Å². The lowest BCUT2D eigenvalue weighted by Crippen LogP contribution is -2.65. The maximum absolute atomic E-state index is 13.1. The molecule has 0 unspecified atom stereocenters. The average Bonchev–Trinajstić information content (AvgIpc) is 3.36. The van der Waals surface area contributed by atoms with Crippen LogP contribution in [0.3, 0.4) is 0 Å². The maximum atomic E-state index is 13.1. The lowest BCUT2D eigenvalue weighted by molar-refractivity contribution is -0.127. The Morgan fingerprint density at radius 1 is 0.970 bits per heavy atom. The molecule has 0 aromatic heterocycles. The Hall–Kier alpha value is -2.57. The van der Waals surface area contributed by atoms with Crippen molar-refractivity contribution in [3.8, 4) is 0 Å². The highest BCUT2D eigenvalue weighted by Crippen LogP contribution is 2.35. The van der Waals surface area contributed by atoms with E-state index in [1.807, 2.05) is 30.3 Å². The zero-order chi connectivity index (χ0) is 23.3. The second kappa shape index (κ2) is 10.6. The zero-order valence-corrected chi connectivity index (χ0v) is 19.7. The van der Waals surface area contributed by atoms with Gasteiger partial charge in [-0.05, 0) is 74.5 Å². The fourth-order valence-electron chi connectivity index (χ4n) is 5.48. The molecule has 33 heavy (non-hydrogen) atoms. The number of urea groups is 1. The number of anilines is 1. The fraction of sp³-hybridized carbons (Fsp3) is 0.462. The van der Waals surface area contributed by atoms with Crippen molar-refractivity contribution in [2.24, 2.45) is 11.7 Å². The molecule has 7 heteroatoms. The van der Waals surface area contributed by atoms with Gasteiger partial charge in [0.25, 0.3) is 0 Å². The van der Waals surface area contributed by atoms with E-state index >= 15 is 0 Å². The Kier molecular flexibility index (Phi) is 7.56. The first-order valence-electron chi connectivity index (χ1n) is 11.9. The van der Waals surface area contributed by atoms with Gasteiger partial charge in [-0.3, -0.25) is 4.79 Å². The maximum Gasteiger partial charge on any atom is 0.320 e. The molecule has 1 saturated carbocycles. The van der Waals surface area contributed by atoms with Gasteiger partial charge in [0.15, 0.2) is 0 Å². The number of benzene rings is 2. The SMILES string of the molecule is NC(=O)[C@@](Cc1ccccc1)(NC(=O)Nc1ccc(Cl)cc1)C1CCN(C2CCCC2)CC1. The number of hydrogen-bond donors (Lipinski definition) is 3. The van der Waals surface area contributed by atoms with Gasteiger partial charge in [0.1, 0.15) is 5.54 Å². The van der Waals surface area contributed by atoms with Crippen molar-refractivity contribution in [3.05, 3.63) is 65.2 Å². The predicted octanol–water partition coefficient (Wildman–Crippen LogP) is 4.58. The van der Waals surface area contributed by atoms with Crippen LogP contribution in [-0.2, 0) is 11.2 Å². The summed E-state index contributed by atoms with van der Waals surface area (Å²) in [5.41, 5.74) is 6.47. The Morgan fingerprint density at radius 2 is 1.61 bits per heavy atom. The molecule has 2 aromatic rings. The molecule has 0 bridgehead atoms. The first-order chi connectivity index (χ1) is 16.0. The normalized spacial score (nSPS) is 19.7. The summed E-state index contributed by atoms with van der Waals surface area (Å²) < 4.78 is 0. The van der Waals surface area contributed by atoms with Gasteiger partial charge in [0.2, 0.25) is 5.91 Å². The smallest absolute Gasteiger partial charge is 0.320 e. The molecule has 1 heterocycles. The number of carbonyl (C=O) groups excluding carboxylic acids is 2. The van der Waals surface area contributed by atoms with E-state index in [9.17, 15) is 9.59 Å². The van der Waals surface area contributed by atoms with E-state index in [4.69, 9.17) is 17.3 Å². The van der Waals surface area contributed by atoms with E-state index < -0.39 is 17.5 Å². The second-order valence-corrected chi connectivity index (χ2v) is 9.77. The molecule has 1 saturated heterocycles. The number of rotatable bonds is 7. The molecule has 2 aliphatic rings. The third-order valence-electron chi connectivity index (χ3n) is 7.27. The minimum Gasteiger partial charge on any atom is -0.368 e. The van der Waals surface area contributed by atoms with E-state index in [0.29, 0.717) is 23.2 Å². The molecule has 1 aliphatic heterocycles. The fourth-order valence-corrected chi connectivity index (χ4v) is 5.61. The van der Waals surface area contributed by atoms with Crippen LogP contribution < -0.4 is 16.4 Å². The van der Waals surface area contributed by atoms with Crippen molar-refractivity contribution in [2.75, 3.05) is 18.4 Å². The van der Waals surface area contributed by atoms with E-state index in [1.165, 1.54) is 25.7 Å². The van der Waals surface area contributed by atoms with Gasteiger partial charge >= 0.3 is 6.03 Å². The van der Waals surface area contributed by atoms with Crippen molar-refractivity contribution < 1.29 is 9.59 Å². The molecular weight excluding hydrogens is 436 g/mol. The van der Waals surface area contributed by atoms with Crippen LogP contribution in [0, 0.1) is 5.92 Å². The quantitative estimate of drug-likeness (QED) is 0.555. The second-order valence-electron chi connectivity index (χ2n) is 9.33. The molecule has 1 atom stereocenters. The first kappa shape index (κ1) is 23.6. The standard InChI is InChI=1S/C26H33ClN4O2/c27-21-10-12-22(13-11-21)29-25(33)30-26(24(28)32,18-19-6-2-1-3-7-19)20-14-16-31(17-15-20)23-8-4-5-9-23/h1-3,6-7,10-13,20,23H,4-5,8-9,14-18H2,(H2,28,32)(H2,29,30,33)/t26-/m0/s1. The van der Waals surface area contributed by atoms with Crippen LogP contribution in [0.1, 0.15) is 44.1 Å². The van der Waals surface area contributed by atoms with Gasteiger partial charge in [0.05, 0.1) is 0 Å². The molecule has 176 valence electrons. The minimum atomic E-state index is -1.17. The van der Waals surface area contributed by atoms with Gasteiger partial charge in [-0.25, -0.2) is 4.79 Å². The Labute approximate surface area is 200 Å². The highest BCUT2D eigenvalue weighted by molar-refractivity contribution is 6.30. The zero-order valence-electron chi connectivity index (χ0n) is 18.9. The number of primary amides is 1. The van der Waals surface area contributed by atoms with Gasteiger partial charge in [0, 0.05) is 23.2 Å². The van der Waals surface area contributed by atoms with Crippen LogP contribution in [0.2, 0.25) is 5.02 Å². The van der Waals surface area contributed by atoms with Gasteiger partial charge in [-0.15, -0.1) is 0 Å². The molecule has 6 nitrogen and oxygen atoms in total. The summed E-state index contributed by atoms with van der Waals surface area (Å²) in [7, 11) is 0. The van der Waals surface area contributed by atoms with Crippen LogP contribution in [0.4, 0.5) is 10.5 Å². The number of amides is 3. The number of carbonyl (C=O) groups is 2. The summed E-state index contributed by atoms with van der Waals surface area (Å²) in [6, 6.07) is 16.9. The largest absolute Gasteiger partial charge is 0.368 e. The molecule has 3 amide bonds. The number of piperidine rings is 1. The van der Waals surface area contributed by atoms with Crippen LogP contribution >= 0.6 is 11.6 Å². The Bertz CT molecular complexity index is 939. The van der Waals surface area contributed by atoms with Crippen LogP contribution in [0.25, 0.3) is 0 Å². The number of nitrogens with one attached hydrogen (secondary N) is 2. The average molecular weight is 469 g/mol. The molecular formula is C26H33ClN4O2. The van der Waals surface area contributed by atoms with Gasteiger partial charge in [-0.1, -0.05) is 54.8 Å². The number of nitrogens with two attached hydrogens (primary N) is 1. The van der Waals surface area contributed by atoms with E-state index in [2.05, 4.69) is 15.5 Å². The number of likely N-dealkylation sites (tertiary alicyclic amines) is 1. The number of halogens is 1. The summed E-state index contributed by atoms with van der Waals surface area (Å²) >= 11 is 5.95. The Balaban J connectivity index is 1.54. The monoisotopic (exact) mass is 468 g/mol. The lowest BCUT2D eigenvalue weighted by atomic mass is 9.73. The van der Waals surface area contributed by atoms with Crippen LogP contribution in [0.5, 0.6) is 0 Å². The van der Waals surface area contributed by atoms with Crippen LogP contribution in [0.15, 0.2) is 54.6 Å². The summed E-state index contributed by atoms with van der Waals surface area (Å²) in [4.78, 5) is 28.7. The topological polar surface area (TPSA) is 87.5 Å². The van der Waals surface area contributed by atoms with E-state index in [0.717, 1.165) is 31.5 Å². The molecule has 0 radical (unpaired) electrons. The van der Waals surface area contributed by atoms with Crippen LogP contribution in [-0.4, -0.2) is 41.5 Å². The van der Waals surface area contributed by atoms with Crippen molar-refractivity contribution in [1.82, 2.24) is 10.2 Å². The van der Waals surface area contributed by atoms with Gasteiger partial charge < -0.3 is 21.3 Å². The predicted molar refractivity (Wildman–Crippen MR) is 132 cm³/mol. The third-order valence-corrected chi connectivity index (χ3v) is 7.52. The minimum absolute atomic E-state index is 0.0381. The third kappa shape index (κ3) is 5.68. The molecule has 4 rings (SSSR count). The van der Waals surface area contributed by atoms with Crippen molar-refractivity contribution in [3.63, 3.8) is 0 Å². The first-order valence-corrected chi connectivity index (χ1v) is 12.3. The van der Waals surface area contributed by atoms with E-state index in [-0.39, 0.29) is 5.92 Å². The highest BCUT2D eigenvalue weighted by atomic mass is 35.5. The van der Waals surface area contributed by atoms with Crippen molar-refractivity contribution in [1.29, 1.82) is 0 Å². The molecule has 1 aliphatic carbocycles. The highest BCUT2D eigenvalue weighted by Gasteiger charge is 2.47. The molecule has 2 fully saturated rings. The van der Waals surface area contributed by atoms with Crippen molar-refractivity contribution >= 4 is 29.2 Å². The number of nitrogens with zero attached hydrogens (tertiary/aromatic N) is 1. The van der Waals surface area contributed by atoms with E-state index in [1.54, 1.807) is 24.3 Å². The number of hydrogen-bond acceptors (Lipinski definition) is 3. The summed E-state index contributed by atoms with van der Waals surface area (Å²) in [5, 5.41) is 6.44. The summed E-state index contributed by atoms with van der Waals surface area (Å²) in [5.74, 6) is -0.527. The molecule has 4 N–H and O–H groups in total.